The lowest BCUT2D eigenvalue weighted by Crippen LogP contribution is -2.63. The minimum absolute atomic E-state index is 0.0157. The summed E-state index contributed by atoms with van der Waals surface area (Å²) in [5.74, 6) is 1.35. The number of aliphatic hydroxyl groups is 2. The minimum Gasteiger partial charge on any atom is -0.458 e. The number of ether oxygens (including phenoxy) is 1. The number of carbonyl (C=O) groups excluding carboxylic acids is 2. The Morgan fingerprint density at radius 1 is 1.16 bits per heavy atom. The van der Waals surface area contributed by atoms with E-state index in [2.05, 4.69) is 24.5 Å². The van der Waals surface area contributed by atoms with Crippen LogP contribution in [0.5, 0.6) is 0 Å². The molecule has 5 fully saturated rings. The van der Waals surface area contributed by atoms with Crippen molar-refractivity contribution in [3.63, 3.8) is 0 Å². The van der Waals surface area contributed by atoms with Crippen LogP contribution in [-0.4, -0.2) is 77.6 Å². The lowest BCUT2D eigenvalue weighted by atomic mass is 9.43. The van der Waals surface area contributed by atoms with Crippen LogP contribution in [0.2, 0.25) is 0 Å². The predicted molar refractivity (Wildman–Crippen MR) is 138 cm³/mol. The van der Waals surface area contributed by atoms with Gasteiger partial charge in [-0.05, 0) is 92.4 Å². The van der Waals surface area contributed by atoms with Gasteiger partial charge in [0, 0.05) is 37.2 Å². The smallest absolute Gasteiger partial charge is 0.331 e. The van der Waals surface area contributed by atoms with E-state index in [0.29, 0.717) is 37.5 Å². The van der Waals surface area contributed by atoms with Crippen molar-refractivity contribution < 1.29 is 24.5 Å². The summed E-state index contributed by atoms with van der Waals surface area (Å²) in [5.41, 5.74) is 0.391. The number of aliphatic hydroxyl groups excluding tert-OH is 1. The van der Waals surface area contributed by atoms with Crippen LogP contribution >= 0.6 is 0 Å². The molecule has 4 N–H and O–H groups in total. The summed E-state index contributed by atoms with van der Waals surface area (Å²) in [6.07, 6.45) is 10.8. The summed E-state index contributed by atoms with van der Waals surface area (Å²) in [6, 6.07) is -0.0162. The molecule has 0 aromatic rings. The van der Waals surface area contributed by atoms with E-state index in [1.54, 1.807) is 11.0 Å². The number of piperazine rings is 1. The number of urea groups is 1. The Labute approximate surface area is 220 Å². The maximum atomic E-state index is 13.1. The van der Waals surface area contributed by atoms with Crippen molar-refractivity contribution in [2.24, 2.45) is 34.5 Å². The topological polar surface area (TPSA) is 111 Å². The Kier molecular flexibility index (Phi) is 6.39. The molecule has 9 atom stereocenters. The molecule has 0 unspecified atom stereocenters. The van der Waals surface area contributed by atoms with Crippen molar-refractivity contribution in [2.75, 3.05) is 32.8 Å². The van der Waals surface area contributed by atoms with Gasteiger partial charge in [-0.1, -0.05) is 13.8 Å². The standard InChI is InChI=1S/C29H45N3O5/c1-27-8-5-20(31-26(35)32-12-11-30-15-21(32)16-33)14-19(27)3-4-24-23(27)6-9-28(2)22(7-10-29(24,28)36)18-13-25(34)37-17-18/h13,19-24,30,33,36H,3-12,14-17H2,1-2H3,(H,31,35)/t19-,20+,21-,22-,23+,24-,27+,28-,29+/m1/s1. The second-order valence-electron chi connectivity index (χ2n) is 13.4. The van der Waals surface area contributed by atoms with Gasteiger partial charge in [0.15, 0.2) is 0 Å². The highest BCUT2D eigenvalue weighted by Gasteiger charge is 2.67. The normalized spacial score (nSPS) is 47.4. The van der Waals surface area contributed by atoms with E-state index in [-0.39, 0.29) is 47.4 Å². The molecule has 6 aliphatic rings. The fourth-order valence-corrected chi connectivity index (χ4v) is 9.99. The fourth-order valence-electron chi connectivity index (χ4n) is 9.99. The zero-order chi connectivity index (χ0) is 26.0. The van der Waals surface area contributed by atoms with Gasteiger partial charge in [-0.25, -0.2) is 9.59 Å². The quantitative estimate of drug-likeness (QED) is 0.430. The van der Waals surface area contributed by atoms with E-state index in [4.69, 9.17) is 4.74 Å². The fraction of sp³-hybridized carbons (Fsp3) is 0.862. The third-order valence-electron chi connectivity index (χ3n) is 12.1. The summed E-state index contributed by atoms with van der Waals surface area (Å²) in [4.78, 5) is 26.7. The molecule has 2 heterocycles. The van der Waals surface area contributed by atoms with Crippen molar-refractivity contribution in [3.05, 3.63) is 11.6 Å². The number of esters is 1. The number of cyclic esters (lactones) is 1. The first-order valence-corrected chi connectivity index (χ1v) is 14.7. The summed E-state index contributed by atoms with van der Waals surface area (Å²) in [6.45, 7) is 7.16. The zero-order valence-electron chi connectivity index (χ0n) is 22.5. The van der Waals surface area contributed by atoms with Crippen LogP contribution in [-0.2, 0) is 9.53 Å². The van der Waals surface area contributed by atoms with Gasteiger partial charge in [0.1, 0.15) is 6.61 Å². The van der Waals surface area contributed by atoms with E-state index in [1.807, 2.05) is 0 Å². The zero-order valence-corrected chi connectivity index (χ0v) is 22.5. The van der Waals surface area contributed by atoms with Gasteiger partial charge >= 0.3 is 12.0 Å². The Morgan fingerprint density at radius 3 is 2.76 bits per heavy atom. The molecule has 2 amide bonds. The van der Waals surface area contributed by atoms with Crippen molar-refractivity contribution >= 4 is 12.0 Å². The Bertz CT molecular complexity index is 971. The van der Waals surface area contributed by atoms with Crippen molar-refractivity contribution in [1.29, 1.82) is 0 Å². The number of rotatable bonds is 3. The number of carbonyl (C=O) groups is 2. The highest BCUT2D eigenvalue weighted by atomic mass is 16.5. The van der Waals surface area contributed by atoms with E-state index in [9.17, 15) is 19.8 Å². The second kappa shape index (κ2) is 9.23. The van der Waals surface area contributed by atoms with Crippen LogP contribution in [0.4, 0.5) is 4.79 Å². The van der Waals surface area contributed by atoms with E-state index < -0.39 is 5.60 Å². The Hall–Kier alpha value is -1.64. The SMILES string of the molecule is C[C@]12CC[C@H](NC(=O)N3CCNC[C@@H]3CO)C[C@H]1CC[C@@H]1[C@@H]2CC[C@]2(C)[C@@H](C3=CC(=O)OC3)CC[C@]12O. The van der Waals surface area contributed by atoms with Gasteiger partial charge in [0.25, 0.3) is 0 Å². The highest BCUT2D eigenvalue weighted by molar-refractivity contribution is 5.85. The molecule has 37 heavy (non-hydrogen) atoms. The average molecular weight is 516 g/mol. The number of hydrogen-bond donors (Lipinski definition) is 4. The maximum absolute atomic E-state index is 13.1. The third-order valence-corrected chi connectivity index (χ3v) is 12.1. The predicted octanol–water partition coefficient (Wildman–Crippen LogP) is 2.59. The monoisotopic (exact) mass is 515 g/mol. The molecule has 0 aromatic heterocycles. The minimum atomic E-state index is -0.687. The number of nitrogens with one attached hydrogen (secondary N) is 2. The molecule has 2 aliphatic heterocycles. The van der Waals surface area contributed by atoms with Crippen molar-refractivity contribution in [3.8, 4) is 0 Å². The molecule has 1 saturated heterocycles. The number of fused-ring (bicyclic) bond motifs is 5. The lowest BCUT2D eigenvalue weighted by Gasteiger charge is -2.64. The molecule has 206 valence electrons. The first-order valence-electron chi connectivity index (χ1n) is 14.7. The first-order chi connectivity index (χ1) is 17.7. The second-order valence-corrected chi connectivity index (χ2v) is 13.4. The molecule has 0 aromatic carbocycles. The van der Waals surface area contributed by atoms with Gasteiger partial charge in [0.05, 0.1) is 18.2 Å². The summed E-state index contributed by atoms with van der Waals surface area (Å²) in [5, 5.41) is 28.7. The molecule has 8 heteroatoms. The van der Waals surface area contributed by atoms with Gasteiger partial charge in [-0.2, -0.15) is 0 Å². The molecule has 0 spiro atoms. The highest BCUT2D eigenvalue weighted by Crippen LogP contribution is 2.69. The summed E-state index contributed by atoms with van der Waals surface area (Å²) < 4.78 is 5.26. The molecule has 8 nitrogen and oxygen atoms in total. The van der Waals surface area contributed by atoms with Crippen LogP contribution in [0.15, 0.2) is 11.6 Å². The van der Waals surface area contributed by atoms with Crippen molar-refractivity contribution in [2.45, 2.75) is 89.3 Å². The Morgan fingerprint density at radius 2 is 2.00 bits per heavy atom. The van der Waals surface area contributed by atoms with Crippen molar-refractivity contribution in [1.82, 2.24) is 15.5 Å². The molecule has 0 bridgehead atoms. The van der Waals surface area contributed by atoms with Gasteiger partial charge in [0.2, 0.25) is 0 Å². The maximum Gasteiger partial charge on any atom is 0.331 e. The molecule has 4 aliphatic carbocycles. The van der Waals surface area contributed by atoms with Crippen LogP contribution in [0.1, 0.15) is 71.6 Å². The average Bonchev–Trinajstić information content (AvgIpc) is 3.43. The number of nitrogens with zero attached hydrogens (tertiary/aromatic N) is 1. The van der Waals surface area contributed by atoms with E-state index in [0.717, 1.165) is 69.9 Å². The molecule has 0 radical (unpaired) electrons. The van der Waals surface area contributed by atoms with Crippen LogP contribution in [0.25, 0.3) is 0 Å². The van der Waals surface area contributed by atoms with Gasteiger partial charge in [-0.3, -0.25) is 0 Å². The summed E-state index contributed by atoms with van der Waals surface area (Å²) in [7, 11) is 0. The number of hydrogen-bond acceptors (Lipinski definition) is 6. The van der Waals surface area contributed by atoms with Gasteiger partial charge in [-0.15, -0.1) is 0 Å². The summed E-state index contributed by atoms with van der Waals surface area (Å²) >= 11 is 0. The molecular weight excluding hydrogens is 470 g/mol. The molecular formula is C29H45N3O5. The van der Waals surface area contributed by atoms with E-state index >= 15 is 0 Å². The third kappa shape index (κ3) is 3.88. The number of amides is 2. The lowest BCUT2D eigenvalue weighted by molar-refractivity contribution is -0.204. The first kappa shape index (κ1) is 25.6. The van der Waals surface area contributed by atoms with Crippen LogP contribution in [0.3, 0.4) is 0 Å². The molecule has 6 rings (SSSR count). The Balaban J connectivity index is 1.15. The largest absolute Gasteiger partial charge is 0.458 e. The van der Waals surface area contributed by atoms with Crippen LogP contribution in [0, 0.1) is 34.5 Å². The van der Waals surface area contributed by atoms with Crippen LogP contribution < -0.4 is 10.6 Å². The van der Waals surface area contributed by atoms with E-state index in [1.165, 1.54) is 0 Å². The van der Waals surface area contributed by atoms with Gasteiger partial charge < -0.3 is 30.5 Å². The molecule has 4 saturated carbocycles.